The Morgan fingerprint density at radius 3 is 2.57 bits per heavy atom. The van der Waals surface area contributed by atoms with Gasteiger partial charge in [0, 0.05) is 32.1 Å². The maximum atomic E-state index is 11.9. The number of aliphatic imine (C=N–C) groups is 1. The van der Waals surface area contributed by atoms with Crippen LogP contribution in [0.4, 0.5) is 0 Å². The van der Waals surface area contributed by atoms with Crippen molar-refractivity contribution < 1.29 is 4.79 Å². The number of amides is 1. The zero-order valence-corrected chi connectivity index (χ0v) is 21.2. The van der Waals surface area contributed by atoms with E-state index in [9.17, 15) is 4.79 Å². The van der Waals surface area contributed by atoms with E-state index in [1.54, 1.807) is 0 Å². The summed E-state index contributed by atoms with van der Waals surface area (Å²) in [6, 6.07) is 9.02. The Kier molecular flexibility index (Phi) is 10.4. The molecule has 5 nitrogen and oxygen atoms in total. The number of benzene rings is 1. The molecule has 1 saturated carbocycles. The molecule has 1 aliphatic carbocycles. The molecule has 0 spiro atoms. The highest BCUT2D eigenvalue weighted by Gasteiger charge is 2.23. The van der Waals surface area contributed by atoms with E-state index in [0.717, 1.165) is 37.3 Å². The lowest BCUT2D eigenvalue weighted by Gasteiger charge is -2.32. The first-order valence-corrected chi connectivity index (χ1v) is 11.5. The Morgan fingerprint density at radius 2 is 1.93 bits per heavy atom. The molecule has 30 heavy (non-hydrogen) atoms. The normalized spacial score (nSPS) is 22.2. The fourth-order valence-corrected chi connectivity index (χ4v) is 4.53. The first-order chi connectivity index (χ1) is 14.0. The van der Waals surface area contributed by atoms with E-state index in [-0.39, 0.29) is 29.9 Å². The van der Waals surface area contributed by atoms with Crippen LogP contribution in [0, 0.1) is 11.8 Å². The molecule has 1 aromatic carbocycles. The smallest absolute Gasteiger partial charge is 0.222 e. The van der Waals surface area contributed by atoms with Gasteiger partial charge in [0.15, 0.2) is 5.96 Å². The van der Waals surface area contributed by atoms with Crippen LogP contribution in [-0.4, -0.2) is 35.9 Å². The van der Waals surface area contributed by atoms with Gasteiger partial charge in [-0.2, -0.15) is 0 Å². The van der Waals surface area contributed by atoms with Gasteiger partial charge in [-0.3, -0.25) is 4.79 Å². The molecule has 3 rings (SSSR count). The molecule has 168 valence electrons. The van der Waals surface area contributed by atoms with Crippen molar-refractivity contribution >= 4 is 35.8 Å². The van der Waals surface area contributed by atoms with Crippen LogP contribution < -0.4 is 10.6 Å². The van der Waals surface area contributed by atoms with E-state index in [2.05, 4.69) is 55.7 Å². The molecule has 2 N–H and O–H groups in total. The molecule has 0 radical (unpaired) electrons. The van der Waals surface area contributed by atoms with Crippen LogP contribution >= 0.6 is 24.0 Å². The third kappa shape index (κ3) is 7.43. The number of carbonyl (C=O) groups excluding carboxylic acids is 1. The first-order valence-electron chi connectivity index (χ1n) is 11.5. The van der Waals surface area contributed by atoms with E-state index in [0.29, 0.717) is 25.6 Å². The Hall–Kier alpha value is -1.31. The summed E-state index contributed by atoms with van der Waals surface area (Å²) in [6.45, 7) is 9.92. The summed E-state index contributed by atoms with van der Waals surface area (Å²) in [5.74, 6) is 2.86. The molecule has 0 unspecified atom stereocenters. The number of likely N-dealkylation sites (tertiary alicyclic amines) is 1. The predicted octanol–water partition coefficient (Wildman–Crippen LogP) is 4.70. The highest BCUT2D eigenvalue weighted by atomic mass is 127. The van der Waals surface area contributed by atoms with Gasteiger partial charge in [-0.1, -0.05) is 38.1 Å². The Bertz CT molecular complexity index is 698. The number of nitrogens with zero attached hydrogens (tertiary/aromatic N) is 2. The average molecular weight is 527 g/mol. The van der Waals surface area contributed by atoms with Gasteiger partial charge in [-0.05, 0) is 62.0 Å². The minimum atomic E-state index is 0. The maximum Gasteiger partial charge on any atom is 0.222 e. The van der Waals surface area contributed by atoms with Crippen LogP contribution in [-0.2, 0) is 17.9 Å². The number of hydrogen-bond acceptors (Lipinski definition) is 2. The molecule has 1 heterocycles. The lowest BCUT2D eigenvalue weighted by Crippen LogP contribution is -2.45. The summed E-state index contributed by atoms with van der Waals surface area (Å²) in [7, 11) is 0. The van der Waals surface area contributed by atoms with E-state index in [1.165, 1.54) is 36.8 Å². The number of nitrogens with one attached hydrogen (secondary N) is 2. The monoisotopic (exact) mass is 526 g/mol. The number of halogens is 1. The Morgan fingerprint density at radius 1 is 1.20 bits per heavy atom. The molecule has 0 aromatic heterocycles. The fourth-order valence-electron chi connectivity index (χ4n) is 4.53. The molecule has 2 aliphatic rings. The van der Waals surface area contributed by atoms with Crippen LogP contribution in [0.25, 0.3) is 0 Å². The van der Waals surface area contributed by atoms with Gasteiger partial charge in [0.2, 0.25) is 5.91 Å². The minimum Gasteiger partial charge on any atom is -0.357 e. The van der Waals surface area contributed by atoms with E-state index < -0.39 is 0 Å². The molecule has 6 heteroatoms. The van der Waals surface area contributed by atoms with Crippen LogP contribution in [0.5, 0.6) is 0 Å². The van der Waals surface area contributed by atoms with Gasteiger partial charge in [-0.25, -0.2) is 4.99 Å². The molecule has 1 aliphatic heterocycles. The Labute approximate surface area is 199 Å². The molecule has 1 aromatic rings. The zero-order chi connectivity index (χ0) is 20.6. The highest BCUT2D eigenvalue weighted by molar-refractivity contribution is 14.0. The van der Waals surface area contributed by atoms with E-state index in [4.69, 9.17) is 4.99 Å². The summed E-state index contributed by atoms with van der Waals surface area (Å²) in [5, 5.41) is 7.05. The molecule has 1 saturated heterocycles. The third-order valence-electron chi connectivity index (χ3n) is 6.36. The quantitative estimate of drug-likeness (QED) is 0.308. The van der Waals surface area contributed by atoms with Crippen molar-refractivity contribution in [1.29, 1.82) is 0 Å². The summed E-state index contributed by atoms with van der Waals surface area (Å²) in [5.41, 5.74) is 2.38. The van der Waals surface area contributed by atoms with Crippen molar-refractivity contribution in [1.82, 2.24) is 15.5 Å². The molecular weight excluding hydrogens is 487 g/mol. The number of hydrogen-bond donors (Lipinski definition) is 2. The average Bonchev–Trinajstić information content (AvgIpc) is 3.11. The van der Waals surface area contributed by atoms with Crippen LogP contribution in [0.15, 0.2) is 29.3 Å². The first kappa shape index (κ1) is 25.0. The summed E-state index contributed by atoms with van der Waals surface area (Å²) < 4.78 is 0. The van der Waals surface area contributed by atoms with Crippen molar-refractivity contribution in [2.75, 3.05) is 13.1 Å². The highest BCUT2D eigenvalue weighted by Crippen LogP contribution is 2.29. The second-order valence-electron chi connectivity index (χ2n) is 8.93. The molecule has 1 amide bonds. The van der Waals surface area contributed by atoms with Gasteiger partial charge >= 0.3 is 0 Å². The number of rotatable bonds is 7. The van der Waals surface area contributed by atoms with Crippen molar-refractivity contribution in [3.05, 3.63) is 35.4 Å². The second kappa shape index (κ2) is 12.5. The summed E-state index contributed by atoms with van der Waals surface area (Å²) in [4.78, 5) is 18.7. The minimum absolute atomic E-state index is 0. The van der Waals surface area contributed by atoms with E-state index >= 15 is 0 Å². The second-order valence-corrected chi connectivity index (χ2v) is 8.93. The van der Waals surface area contributed by atoms with Gasteiger partial charge in [-0.15, -0.1) is 24.0 Å². The van der Waals surface area contributed by atoms with Crippen molar-refractivity contribution in [2.45, 2.75) is 78.4 Å². The topological polar surface area (TPSA) is 56.7 Å². The largest absolute Gasteiger partial charge is 0.357 e. The molecule has 2 fully saturated rings. The fraction of sp³-hybridized carbons (Fsp3) is 0.667. The van der Waals surface area contributed by atoms with Crippen LogP contribution in [0.2, 0.25) is 0 Å². The van der Waals surface area contributed by atoms with Crippen LogP contribution in [0.3, 0.4) is 0 Å². The van der Waals surface area contributed by atoms with Crippen molar-refractivity contribution in [2.24, 2.45) is 16.8 Å². The summed E-state index contributed by atoms with van der Waals surface area (Å²) >= 11 is 0. The number of guanidine groups is 1. The van der Waals surface area contributed by atoms with Gasteiger partial charge in [0.25, 0.3) is 0 Å². The molecule has 0 bridgehead atoms. The SMILES string of the molecule is CCNC(=NCc1cccc(CN2CCCC2=O)c1)NC1CCC(C(C)C)CC1.I. The van der Waals surface area contributed by atoms with Crippen molar-refractivity contribution in [3.63, 3.8) is 0 Å². The standard InChI is InChI=1S/C24H38N4O.HI/c1-4-25-24(27-22-12-10-21(11-13-22)18(2)3)26-16-19-7-5-8-20(15-19)17-28-14-6-9-23(28)29;/h5,7-8,15,18,21-22H,4,6,9-14,16-17H2,1-3H3,(H2,25,26,27);1H. The molecule has 0 atom stereocenters. The maximum absolute atomic E-state index is 11.9. The lowest BCUT2D eigenvalue weighted by atomic mass is 9.80. The summed E-state index contributed by atoms with van der Waals surface area (Å²) in [6.07, 6.45) is 6.76. The zero-order valence-electron chi connectivity index (χ0n) is 18.8. The Balaban J connectivity index is 0.00000320. The molecular formula is C24H39IN4O. The van der Waals surface area contributed by atoms with Crippen molar-refractivity contribution in [3.8, 4) is 0 Å². The predicted molar refractivity (Wildman–Crippen MR) is 135 cm³/mol. The number of carbonyl (C=O) groups is 1. The van der Waals surface area contributed by atoms with Gasteiger partial charge in [0.05, 0.1) is 6.54 Å². The van der Waals surface area contributed by atoms with Crippen LogP contribution in [0.1, 0.15) is 70.4 Å². The lowest BCUT2D eigenvalue weighted by molar-refractivity contribution is -0.128. The van der Waals surface area contributed by atoms with E-state index in [1.807, 2.05) is 4.90 Å². The van der Waals surface area contributed by atoms with Gasteiger partial charge in [0.1, 0.15) is 0 Å². The third-order valence-corrected chi connectivity index (χ3v) is 6.36. The van der Waals surface area contributed by atoms with Gasteiger partial charge < -0.3 is 15.5 Å².